The van der Waals surface area contributed by atoms with Gasteiger partial charge in [-0.25, -0.2) is 0 Å². The third-order valence-electron chi connectivity index (χ3n) is 14.2. The Labute approximate surface area is 437 Å². The van der Waals surface area contributed by atoms with Gasteiger partial charge in [0.2, 0.25) is 11.8 Å². The van der Waals surface area contributed by atoms with Crippen molar-refractivity contribution in [2.75, 3.05) is 37.0 Å². The third kappa shape index (κ3) is 17.2. The van der Waals surface area contributed by atoms with E-state index in [9.17, 15) is 9.59 Å². The highest BCUT2D eigenvalue weighted by Crippen LogP contribution is 2.37. The highest BCUT2D eigenvalue weighted by atomic mass is 16.5. The molecule has 3 aliphatic heterocycles. The van der Waals surface area contributed by atoms with Crippen molar-refractivity contribution in [2.24, 2.45) is 22.7 Å². The lowest BCUT2D eigenvalue weighted by Gasteiger charge is -2.36. The summed E-state index contributed by atoms with van der Waals surface area (Å²) in [7, 11) is 3.55. The summed E-state index contributed by atoms with van der Waals surface area (Å²) in [4.78, 5) is 32.8. The van der Waals surface area contributed by atoms with E-state index < -0.39 is 6.04 Å². The molecule has 3 heterocycles. The van der Waals surface area contributed by atoms with Crippen LogP contribution in [-0.2, 0) is 9.59 Å². The molecular weight excluding hydrogens is 889 g/mol. The molecule has 4 aliphatic rings. The number of carbonyl (C=O) groups is 2. The first-order valence-corrected chi connectivity index (χ1v) is 27.0. The van der Waals surface area contributed by atoms with Crippen molar-refractivity contribution in [2.45, 2.75) is 166 Å². The number of anilines is 2. The molecule has 1 unspecified atom stereocenters. The van der Waals surface area contributed by atoms with Gasteiger partial charge in [0, 0.05) is 49.3 Å². The second kappa shape index (κ2) is 30.3. The molecule has 3 atom stereocenters. The number of amides is 2. The van der Waals surface area contributed by atoms with Gasteiger partial charge >= 0.3 is 0 Å². The van der Waals surface area contributed by atoms with Gasteiger partial charge in [0.1, 0.15) is 11.8 Å². The van der Waals surface area contributed by atoms with Crippen LogP contribution in [0.25, 0.3) is 11.1 Å². The summed E-state index contributed by atoms with van der Waals surface area (Å²) in [5.74, 6) is 4.27. The number of methoxy groups -OCH3 is 1. The Hall–Kier alpha value is -5.83. The first kappa shape index (κ1) is 60.5. The fourth-order valence-electron chi connectivity index (χ4n) is 9.72. The van der Waals surface area contributed by atoms with E-state index in [2.05, 4.69) is 150 Å². The SMILES string of the molecule is C=C(C)/C(=C/C)N1NC(C)=CC(=NC)C1=C.C=C(C)N(c1ccc(-c2ccc(N3CCC(CC)CC3)cc2)cc1C)C1CCC(=O)NC1=O.CC.CCCC(CCC)c1cccc(C)c1OC.C[C@@H]1C[C@@H]1C. The van der Waals surface area contributed by atoms with Gasteiger partial charge in [0.15, 0.2) is 0 Å². The van der Waals surface area contributed by atoms with Gasteiger partial charge in [0.25, 0.3) is 0 Å². The molecule has 72 heavy (non-hydrogen) atoms. The van der Waals surface area contributed by atoms with Crippen LogP contribution >= 0.6 is 0 Å². The Morgan fingerprint density at radius 2 is 1.49 bits per heavy atom. The van der Waals surface area contributed by atoms with Gasteiger partial charge in [0.05, 0.1) is 24.2 Å². The van der Waals surface area contributed by atoms with Crippen LogP contribution in [0.3, 0.4) is 0 Å². The number of hydrogen-bond donors (Lipinski definition) is 2. The minimum absolute atomic E-state index is 0.205. The van der Waals surface area contributed by atoms with Crippen LogP contribution in [0.5, 0.6) is 5.75 Å². The lowest BCUT2D eigenvalue weighted by Crippen LogP contribution is -2.52. The Bertz CT molecular complexity index is 2340. The first-order chi connectivity index (χ1) is 34.4. The van der Waals surface area contributed by atoms with Crippen molar-refractivity contribution in [1.29, 1.82) is 0 Å². The maximum absolute atomic E-state index is 12.5. The summed E-state index contributed by atoms with van der Waals surface area (Å²) < 4.78 is 5.55. The predicted molar refractivity (Wildman–Crippen MR) is 310 cm³/mol. The highest BCUT2D eigenvalue weighted by molar-refractivity contribution is 6.08. The van der Waals surface area contributed by atoms with Crippen molar-refractivity contribution >= 4 is 28.9 Å². The van der Waals surface area contributed by atoms with E-state index in [0.717, 1.165) is 87.5 Å². The van der Waals surface area contributed by atoms with Crippen LogP contribution in [0.2, 0.25) is 0 Å². The largest absolute Gasteiger partial charge is 0.496 e. The van der Waals surface area contributed by atoms with Crippen molar-refractivity contribution in [3.63, 3.8) is 0 Å². The standard InChI is InChI=1S/C28H35N3O2.C15H24O.C13H19N3.C5H10.C2H6/c1-5-21-14-16-30(17-15-21)24-9-6-22(7-10-24)23-8-11-25(20(4)18-23)31(19(2)3)26-12-13-27(32)29-28(26)33;1-5-8-13(9-6-2)14-11-7-10-12(3)15(14)16-4;1-7-13(9(2)3)16-11(5)12(14-6)8-10(4)15-16;1-4-3-5(4)2;1-2/h6-11,18,21,26H,2,5,12-17H2,1,3-4H3,(H,29,32,33);7,10-11,13H,5-6,8-9H2,1-4H3;7-8,15H,2,5H2,1,3-4,6H3;4-5H,3H2,1-2H3;1-2H3/b;;13-7-,14-12?;;/t;;;4-,5+;. The molecule has 9 heteroatoms. The van der Waals surface area contributed by atoms with Crippen LogP contribution in [0.15, 0.2) is 126 Å². The summed E-state index contributed by atoms with van der Waals surface area (Å²) in [6.07, 6.45) is 15.1. The van der Waals surface area contributed by atoms with Crippen LogP contribution in [0.1, 0.15) is 163 Å². The number of allylic oxidation sites excluding steroid dienone is 5. The summed E-state index contributed by atoms with van der Waals surface area (Å²) in [6, 6.07) is 21.3. The fraction of sp³-hybridized carbons (Fsp3) is 0.508. The summed E-state index contributed by atoms with van der Waals surface area (Å²) in [5.41, 5.74) is 17.1. The van der Waals surface area contributed by atoms with E-state index >= 15 is 0 Å². The highest BCUT2D eigenvalue weighted by Gasteiger charge is 2.33. The molecule has 0 aromatic heterocycles. The van der Waals surface area contributed by atoms with E-state index in [4.69, 9.17) is 4.74 Å². The normalized spacial score (nSPS) is 19.1. The fourth-order valence-corrected chi connectivity index (χ4v) is 9.72. The molecule has 2 amide bonds. The Kier molecular flexibility index (Phi) is 25.4. The smallest absolute Gasteiger partial charge is 0.249 e. The Balaban J connectivity index is 0.000000293. The molecule has 0 spiro atoms. The molecule has 3 fully saturated rings. The average Bonchev–Trinajstić information content (AvgIpc) is 4.04. The van der Waals surface area contributed by atoms with E-state index in [0.29, 0.717) is 18.8 Å². The molecule has 3 aromatic rings. The predicted octanol–water partition coefficient (Wildman–Crippen LogP) is 15.6. The number of aryl methyl sites for hydroxylation is 2. The second-order valence-electron chi connectivity index (χ2n) is 19.9. The number of hydrogen-bond acceptors (Lipinski definition) is 8. The molecule has 7 rings (SSSR count). The van der Waals surface area contributed by atoms with E-state index in [-0.39, 0.29) is 11.8 Å². The van der Waals surface area contributed by atoms with Crippen molar-refractivity contribution in [1.82, 2.24) is 15.8 Å². The van der Waals surface area contributed by atoms with Crippen LogP contribution in [0.4, 0.5) is 11.4 Å². The van der Waals surface area contributed by atoms with Gasteiger partial charge in [-0.05, 0) is 167 Å². The first-order valence-electron chi connectivity index (χ1n) is 27.0. The maximum atomic E-state index is 12.5. The number of imide groups is 1. The number of piperidine rings is 2. The van der Waals surface area contributed by atoms with Crippen LogP contribution < -0.4 is 25.3 Å². The molecular formula is C63H94N6O3. The van der Waals surface area contributed by atoms with Gasteiger partial charge < -0.3 is 14.5 Å². The number of ether oxygens (including phenoxy) is 1. The van der Waals surface area contributed by atoms with Gasteiger partial charge in [-0.3, -0.25) is 30.3 Å². The average molecular weight is 983 g/mol. The summed E-state index contributed by atoms with van der Waals surface area (Å²) >= 11 is 0. The molecule has 394 valence electrons. The van der Waals surface area contributed by atoms with Gasteiger partial charge in [-0.1, -0.05) is 130 Å². The number of aliphatic imine (C=N–C) groups is 1. The van der Waals surface area contributed by atoms with Crippen molar-refractivity contribution in [3.8, 4) is 16.9 Å². The summed E-state index contributed by atoms with van der Waals surface area (Å²) in [6.45, 7) is 41.8. The Morgan fingerprint density at radius 3 is 1.96 bits per heavy atom. The molecule has 2 saturated heterocycles. The number of nitrogens with one attached hydrogen (secondary N) is 2. The number of benzene rings is 3. The topological polar surface area (TPSA) is 89.5 Å². The van der Waals surface area contributed by atoms with Gasteiger partial charge in [-0.2, -0.15) is 0 Å². The second-order valence-corrected chi connectivity index (χ2v) is 19.9. The summed E-state index contributed by atoms with van der Waals surface area (Å²) in [5, 5.41) is 4.38. The number of carbonyl (C=O) groups excluding carboxylic acids is 2. The van der Waals surface area contributed by atoms with E-state index in [1.54, 1.807) is 14.2 Å². The Morgan fingerprint density at radius 1 is 0.889 bits per heavy atom. The molecule has 1 aliphatic carbocycles. The minimum Gasteiger partial charge on any atom is -0.496 e. The molecule has 3 aromatic carbocycles. The number of para-hydroxylation sites is 1. The van der Waals surface area contributed by atoms with Crippen molar-refractivity contribution in [3.05, 3.63) is 138 Å². The molecule has 9 nitrogen and oxygen atoms in total. The van der Waals surface area contributed by atoms with Crippen LogP contribution in [0, 0.1) is 31.6 Å². The minimum atomic E-state index is -0.416. The van der Waals surface area contributed by atoms with E-state index in [1.165, 1.54) is 73.7 Å². The molecule has 0 bridgehead atoms. The van der Waals surface area contributed by atoms with Crippen molar-refractivity contribution < 1.29 is 14.3 Å². The number of hydrazine groups is 1. The zero-order valence-corrected chi connectivity index (χ0v) is 47.4. The van der Waals surface area contributed by atoms with E-state index in [1.807, 2.05) is 63.6 Å². The maximum Gasteiger partial charge on any atom is 0.249 e. The number of nitrogens with zero attached hydrogens (tertiary/aromatic N) is 4. The molecule has 2 N–H and O–H groups in total. The number of rotatable bonds is 14. The monoisotopic (exact) mass is 983 g/mol. The molecule has 0 radical (unpaired) electrons. The zero-order chi connectivity index (χ0) is 53.7. The van der Waals surface area contributed by atoms with Crippen LogP contribution in [-0.4, -0.2) is 55.8 Å². The lowest BCUT2D eigenvalue weighted by atomic mass is 9.89. The quantitative estimate of drug-likeness (QED) is 0.123. The molecule has 1 saturated carbocycles. The van der Waals surface area contributed by atoms with Gasteiger partial charge in [-0.15, -0.1) is 0 Å². The third-order valence-corrected chi connectivity index (χ3v) is 14.2. The lowest BCUT2D eigenvalue weighted by molar-refractivity contribution is -0.134. The zero-order valence-electron chi connectivity index (χ0n) is 47.4.